The van der Waals surface area contributed by atoms with E-state index >= 15 is 0 Å². The van der Waals surface area contributed by atoms with Gasteiger partial charge in [-0.2, -0.15) is 8.78 Å². The highest BCUT2D eigenvalue weighted by atomic mass is 19.4. The Hall–Kier alpha value is -2.31. The molecule has 0 aromatic heterocycles. The zero-order valence-electron chi connectivity index (χ0n) is 19.5. The van der Waals surface area contributed by atoms with E-state index < -0.39 is 52.4 Å². The lowest BCUT2D eigenvalue weighted by molar-refractivity contribution is -0.432. The van der Waals surface area contributed by atoms with Gasteiger partial charge in [0, 0.05) is 11.8 Å². The van der Waals surface area contributed by atoms with Crippen LogP contribution in [0, 0.1) is 35.1 Å². The third-order valence-corrected chi connectivity index (χ3v) is 6.65. The molecule has 1 aliphatic carbocycles. The molecule has 0 spiro atoms. The maximum Gasteiger partial charge on any atom is 0.527 e. The third kappa shape index (κ3) is 6.23. The van der Waals surface area contributed by atoms with E-state index in [1.807, 2.05) is 6.92 Å². The van der Waals surface area contributed by atoms with Gasteiger partial charge >= 0.3 is 12.5 Å². The number of hydrogen-bond donors (Lipinski definition) is 0. The first kappa shape index (κ1) is 27.7. The maximum atomic E-state index is 14.9. The van der Waals surface area contributed by atoms with Crippen LogP contribution in [-0.4, -0.2) is 25.9 Å². The van der Waals surface area contributed by atoms with E-state index in [2.05, 4.69) is 4.74 Å². The molecule has 2 aromatic carbocycles. The Morgan fingerprint density at radius 2 is 1.27 bits per heavy atom. The highest BCUT2D eigenvalue weighted by molar-refractivity contribution is 5.66. The summed E-state index contributed by atoms with van der Waals surface area (Å²) in [5, 5.41) is 0. The second-order valence-electron chi connectivity index (χ2n) is 9.49. The number of rotatable bonds is 5. The maximum absolute atomic E-state index is 14.9. The van der Waals surface area contributed by atoms with Gasteiger partial charge in [-0.1, -0.05) is 6.92 Å². The molecule has 1 heterocycles. The molecular weight excluding hydrogens is 519 g/mol. The van der Waals surface area contributed by atoms with E-state index in [0.29, 0.717) is 50.4 Å². The Bertz CT molecular complexity index is 1070. The smallest absolute Gasteiger partial charge is 0.352 e. The molecule has 2 fully saturated rings. The first-order valence-electron chi connectivity index (χ1n) is 11.6. The molecule has 37 heavy (non-hydrogen) atoms. The predicted octanol–water partition coefficient (Wildman–Crippen LogP) is 7.78. The van der Waals surface area contributed by atoms with Gasteiger partial charge in [-0.25, -0.2) is 22.3 Å². The van der Waals surface area contributed by atoms with Gasteiger partial charge in [-0.15, -0.1) is 13.2 Å². The van der Waals surface area contributed by atoms with E-state index in [1.54, 1.807) is 0 Å². The van der Waals surface area contributed by atoms with E-state index in [0.717, 1.165) is 12.1 Å². The minimum absolute atomic E-state index is 0.128. The van der Waals surface area contributed by atoms with Crippen LogP contribution >= 0.6 is 0 Å². The Balaban J connectivity index is 1.53. The molecule has 1 aliphatic heterocycles. The summed E-state index contributed by atoms with van der Waals surface area (Å²) in [4.78, 5) is 0. The first-order valence-corrected chi connectivity index (χ1v) is 11.6. The molecule has 0 atom stereocenters. The predicted molar refractivity (Wildman–Crippen MR) is 112 cm³/mol. The number of benzene rings is 2. The summed E-state index contributed by atoms with van der Waals surface area (Å²) in [7, 11) is 0. The van der Waals surface area contributed by atoms with Crippen LogP contribution in [0.25, 0.3) is 11.1 Å². The lowest BCUT2D eigenvalue weighted by Crippen LogP contribution is -2.37. The Labute approximate surface area is 206 Å². The fourth-order valence-corrected chi connectivity index (χ4v) is 4.91. The van der Waals surface area contributed by atoms with Gasteiger partial charge in [-0.3, -0.25) is 0 Å². The van der Waals surface area contributed by atoms with Crippen molar-refractivity contribution in [1.82, 2.24) is 0 Å². The van der Waals surface area contributed by atoms with Crippen LogP contribution in [0.15, 0.2) is 24.3 Å². The lowest BCUT2D eigenvalue weighted by atomic mass is 9.78. The number of ether oxygens (including phenoxy) is 3. The minimum Gasteiger partial charge on any atom is -0.352 e. The van der Waals surface area contributed by atoms with Crippen LogP contribution in [-0.2, 0) is 20.3 Å². The van der Waals surface area contributed by atoms with Crippen molar-refractivity contribution in [2.24, 2.45) is 11.8 Å². The fourth-order valence-electron chi connectivity index (χ4n) is 4.91. The van der Waals surface area contributed by atoms with Crippen LogP contribution in [0.3, 0.4) is 0 Å². The van der Waals surface area contributed by atoms with Crippen LogP contribution in [0.1, 0.15) is 49.7 Å². The Kier molecular flexibility index (Phi) is 7.83. The minimum atomic E-state index is -5.90. The summed E-state index contributed by atoms with van der Waals surface area (Å²) in [6.45, 7) is 3.20. The van der Waals surface area contributed by atoms with Crippen molar-refractivity contribution in [2.75, 3.05) is 13.2 Å². The van der Waals surface area contributed by atoms with Gasteiger partial charge < -0.3 is 9.47 Å². The van der Waals surface area contributed by atoms with Gasteiger partial charge in [0.25, 0.3) is 0 Å². The second-order valence-corrected chi connectivity index (χ2v) is 9.49. The molecule has 0 N–H and O–H groups in total. The van der Waals surface area contributed by atoms with Gasteiger partial charge in [0.05, 0.1) is 18.8 Å². The SMILES string of the molecule is CC1COC(C2CCC(c3cc(F)c(-c4cc(F)c(C(F)(F)OC(F)(F)F)c(F)c4)c(F)c3)CC2)OC1. The molecule has 4 rings (SSSR count). The van der Waals surface area contributed by atoms with Crippen LogP contribution in [0.4, 0.5) is 39.5 Å². The fraction of sp³-hybridized carbons (Fsp3) is 0.520. The number of alkyl halides is 5. The Morgan fingerprint density at radius 1 is 0.757 bits per heavy atom. The number of hydrogen-bond acceptors (Lipinski definition) is 3. The zero-order chi connectivity index (χ0) is 27.1. The van der Waals surface area contributed by atoms with Crippen LogP contribution < -0.4 is 0 Å². The molecule has 204 valence electrons. The highest BCUT2D eigenvalue weighted by Gasteiger charge is 2.49. The van der Waals surface area contributed by atoms with Crippen molar-refractivity contribution >= 4 is 0 Å². The molecule has 3 nitrogen and oxygen atoms in total. The molecule has 0 radical (unpaired) electrons. The average molecular weight is 542 g/mol. The first-order chi connectivity index (χ1) is 17.2. The van der Waals surface area contributed by atoms with Crippen molar-refractivity contribution in [3.8, 4) is 11.1 Å². The monoisotopic (exact) mass is 542 g/mol. The van der Waals surface area contributed by atoms with Crippen LogP contribution in [0.2, 0.25) is 0 Å². The summed E-state index contributed by atoms with van der Waals surface area (Å²) in [5.74, 6) is -6.48. The van der Waals surface area contributed by atoms with Crippen molar-refractivity contribution in [3.05, 3.63) is 58.7 Å². The normalized spacial score (nSPS) is 25.4. The molecule has 0 amide bonds. The summed E-state index contributed by atoms with van der Waals surface area (Å²) >= 11 is 0. The van der Waals surface area contributed by atoms with E-state index in [1.165, 1.54) is 0 Å². The standard InChI is InChI=1S/C25H23F9O3/c1-12-10-35-23(36-11-12)14-4-2-13(3-5-14)15-6-17(26)21(18(27)7-15)16-8-19(28)22(20(29)9-16)24(30,31)37-25(32,33)34/h6-9,12-14,23H,2-5,10-11H2,1H3. The summed E-state index contributed by atoms with van der Waals surface area (Å²) < 4.78 is 136. The van der Waals surface area contributed by atoms with E-state index in [4.69, 9.17) is 9.47 Å². The molecule has 0 unspecified atom stereocenters. The summed E-state index contributed by atoms with van der Waals surface area (Å²) in [5.41, 5.74) is -3.71. The third-order valence-electron chi connectivity index (χ3n) is 6.65. The second kappa shape index (κ2) is 10.5. The summed E-state index contributed by atoms with van der Waals surface area (Å²) in [6, 6.07) is 2.26. The zero-order valence-corrected chi connectivity index (χ0v) is 19.5. The van der Waals surface area contributed by atoms with Crippen molar-refractivity contribution in [3.63, 3.8) is 0 Å². The van der Waals surface area contributed by atoms with Gasteiger partial charge in [0.2, 0.25) is 0 Å². The average Bonchev–Trinajstić information content (AvgIpc) is 2.77. The van der Waals surface area contributed by atoms with E-state index in [-0.39, 0.29) is 30.3 Å². The molecule has 12 heteroatoms. The van der Waals surface area contributed by atoms with Gasteiger partial charge in [-0.05, 0) is 67.0 Å². The molecular formula is C25H23F9O3. The van der Waals surface area contributed by atoms with Crippen molar-refractivity contribution in [2.45, 2.75) is 57.3 Å². The highest BCUT2D eigenvalue weighted by Crippen LogP contribution is 2.43. The molecule has 1 saturated heterocycles. The van der Waals surface area contributed by atoms with Gasteiger partial charge in [0.15, 0.2) is 6.29 Å². The van der Waals surface area contributed by atoms with Gasteiger partial charge in [0.1, 0.15) is 28.8 Å². The largest absolute Gasteiger partial charge is 0.527 e. The van der Waals surface area contributed by atoms with Crippen LogP contribution in [0.5, 0.6) is 0 Å². The molecule has 0 bridgehead atoms. The quantitative estimate of drug-likeness (QED) is 0.361. The molecule has 2 aliphatic rings. The molecule has 2 aromatic rings. The van der Waals surface area contributed by atoms with Crippen molar-refractivity contribution < 1.29 is 53.7 Å². The number of halogens is 9. The summed E-state index contributed by atoms with van der Waals surface area (Å²) in [6.07, 6.45) is -9.06. The van der Waals surface area contributed by atoms with Crippen molar-refractivity contribution in [1.29, 1.82) is 0 Å². The lowest BCUT2D eigenvalue weighted by Gasteiger charge is -2.37. The Morgan fingerprint density at radius 3 is 1.76 bits per heavy atom. The molecule has 1 saturated carbocycles. The topological polar surface area (TPSA) is 27.7 Å². The van der Waals surface area contributed by atoms with E-state index in [9.17, 15) is 39.5 Å².